The molecule has 2 atom stereocenters. The predicted molar refractivity (Wildman–Crippen MR) is 97.5 cm³/mol. The van der Waals surface area contributed by atoms with Crippen LogP contribution in [0.1, 0.15) is 30.3 Å². The Balaban J connectivity index is 1.58. The van der Waals surface area contributed by atoms with E-state index in [9.17, 15) is 5.11 Å². The number of benzene rings is 1. The molecular weight excluding hydrogens is 320 g/mol. The molecule has 4 rings (SSSR count). The number of aryl methyl sites for hydroxylation is 2. The van der Waals surface area contributed by atoms with Crippen molar-refractivity contribution in [1.82, 2.24) is 14.5 Å². The van der Waals surface area contributed by atoms with E-state index < -0.39 is 6.10 Å². The second-order valence-electron chi connectivity index (χ2n) is 6.61. The standard InChI is InChI=1S/C18H22N4OS/c1-12-5-3-7-14-16(12)24-18(20-14)22-9-4-6-13(11-22)15(23)17-19-8-10-21(17)2/h3,5,7-8,10,13,15,23H,4,6,9,11H2,1-2H3/t13-,15+/m1/s1. The van der Waals surface area contributed by atoms with Gasteiger partial charge in [-0.3, -0.25) is 0 Å². The van der Waals surface area contributed by atoms with Crippen LogP contribution in [0.2, 0.25) is 0 Å². The van der Waals surface area contributed by atoms with Crippen LogP contribution in [0, 0.1) is 12.8 Å². The van der Waals surface area contributed by atoms with Crippen LogP contribution in [0.15, 0.2) is 30.6 Å². The van der Waals surface area contributed by atoms with Crippen molar-refractivity contribution in [3.05, 3.63) is 42.0 Å². The van der Waals surface area contributed by atoms with Crippen molar-refractivity contribution in [2.45, 2.75) is 25.9 Å². The minimum atomic E-state index is -0.524. The van der Waals surface area contributed by atoms with Gasteiger partial charge in [0.15, 0.2) is 5.13 Å². The Hall–Kier alpha value is -1.92. The first kappa shape index (κ1) is 15.6. The molecule has 1 aromatic carbocycles. The zero-order chi connectivity index (χ0) is 16.7. The third-order valence-corrected chi connectivity index (χ3v) is 6.17. The van der Waals surface area contributed by atoms with Crippen LogP contribution in [0.5, 0.6) is 0 Å². The van der Waals surface area contributed by atoms with Gasteiger partial charge in [-0.25, -0.2) is 9.97 Å². The summed E-state index contributed by atoms with van der Waals surface area (Å²) in [5.74, 6) is 0.940. The maximum Gasteiger partial charge on any atom is 0.186 e. The van der Waals surface area contributed by atoms with E-state index in [1.807, 2.05) is 17.8 Å². The first-order valence-corrected chi connectivity index (χ1v) is 9.21. The highest BCUT2D eigenvalue weighted by Crippen LogP contribution is 2.35. The molecule has 0 radical (unpaired) electrons. The largest absolute Gasteiger partial charge is 0.385 e. The van der Waals surface area contributed by atoms with Gasteiger partial charge < -0.3 is 14.6 Å². The van der Waals surface area contributed by atoms with E-state index in [-0.39, 0.29) is 5.92 Å². The lowest BCUT2D eigenvalue weighted by molar-refractivity contribution is 0.0875. The molecule has 3 aromatic rings. The summed E-state index contributed by atoms with van der Waals surface area (Å²) in [6, 6.07) is 6.27. The second-order valence-corrected chi connectivity index (χ2v) is 7.59. The molecule has 0 bridgehead atoms. The van der Waals surface area contributed by atoms with Crippen molar-refractivity contribution in [2.75, 3.05) is 18.0 Å². The highest BCUT2D eigenvalue weighted by Gasteiger charge is 2.30. The van der Waals surface area contributed by atoms with Gasteiger partial charge in [0.25, 0.3) is 0 Å². The average molecular weight is 342 g/mol. The van der Waals surface area contributed by atoms with Crippen LogP contribution < -0.4 is 4.90 Å². The van der Waals surface area contributed by atoms with Crippen molar-refractivity contribution in [2.24, 2.45) is 13.0 Å². The van der Waals surface area contributed by atoms with Crippen LogP contribution in [0.4, 0.5) is 5.13 Å². The molecule has 1 aliphatic heterocycles. The lowest BCUT2D eigenvalue weighted by atomic mass is 9.92. The van der Waals surface area contributed by atoms with Gasteiger partial charge in [-0.15, -0.1) is 0 Å². The Morgan fingerprint density at radius 3 is 3.00 bits per heavy atom. The number of nitrogens with zero attached hydrogens (tertiary/aromatic N) is 4. The quantitative estimate of drug-likeness (QED) is 0.793. The summed E-state index contributed by atoms with van der Waals surface area (Å²) in [4.78, 5) is 11.5. The Kier molecular flexibility index (Phi) is 4.02. The average Bonchev–Trinajstić information content (AvgIpc) is 3.21. The van der Waals surface area contributed by atoms with E-state index in [0.29, 0.717) is 0 Å². The Morgan fingerprint density at radius 1 is 1.38 bits per heavy atom. The normalized spacial score (nSPS) is 19.8. The Labute approximate surface area is 145 Å². The lowest BCUT2D eigenvalue weighted by Gasteiger charge is -2.34. The fourth-order valence-electron chi connectivity index (χ4n) is 3.52. The number of piperidine rings is 1. The number of fused-ring (bicyclic) bond motifs is 1. The van der Waals surface area contributed by atoms with Gasteiger partial charge in [0.2, 0.25) is 0 Å². The molecule has 2 aromatic heterocycles. The molecule has 0 aliphatic carbocycles. The smallest absolute Gasteiger partial charge is 0.186 e. The van der Waals surface area contributed by atoms with Crippen LogP contribution in [0.3, 0.4) is 0 Å². The highest BCUT2D eigenvalue weighted by molar-refractivity contribution is 7.22. The number of aromatic nitrogens is 3. The van der Waals surface area contributed by atoms with Crippen LogP contribution in [-0.2, 0) is 7.05 Å². The topological polar surface area (TPSA) is 54.2 Å². The number of hydrogen-bond donors (Lipinski definition) is 1. The van der Waals surface area contributed by atoms with Crippen LogP contribution in [-0.4, -0.2) is 32.7 Å². The molecule has 0 spiro atoms. The van der Waals surface area contributed by atoms with Gasteiger partial charge in [0.05, 0.1) is 10.2 Å². The Bertz CT molecular complexity index is 856. The number of thiazole rings is 1. The predicted octanol–water partition coefficient (Wildman–Crippen LogP) is 3.29. The van der Waals surface area contributed by atoms with E-state index in [4.69, 9.17) is 4.98 Å². The summed E-state index contributed by atoms with van der Waals surface area (Å²) in [6.45, 7) is 3.96. The molecule has 3 heterocycles. The molecule has 1 fully saturated rings. The van der Waals surface area contributed by atoms with E-state index in [1.54, 1.807) is 17.5 Å². The molecule has 0 amide bonds. The molecule has 126 valence electrons. The first-order chi connectivity index (χ1) is 11.6. The minimum absolute atomic E-state index is 0.188. The summed E-state index contributed by atoms with van der Waals surface area (Å²) in [5, 5.41) is 11.8. The number of imidazole rings is 1. The van der Waals surface area contributed by atoms with Crippen molar-refractivity contribution in [3.63, 3.8) is 0 Å². The molecule has 1 aliphatic rings. The third kappa shape index (κ3) is 2.70. The van der Waals surface area contributed by atoms with Gasteiger partial charge in [-0.2, -0.15) is 0 Å². The molecule has 6 heteroatoms. The summed E-state index contributed by atoms with van der Waals surface area (Å²) < 4.78 is 3.17. The van der Waals surface area contributed by atoms with Gasteiger partial charge in [-0.05, 0) is 31.4 Å². The fourth-order valence-corrected chi connectivity index (χ4v) is 4.59. The molecular formula is C18H22N4OS. The number of anilines is 1. The molecule has 24 heavy (non-hydrogen) atoms. The third-order valence-electron chi connectivity index (χ3n) is 4.90. The van der Waals surface area contributed by atoms with Crippen molar-refractivity contribution in [1.29, 1.82) is 0 Å². The van der Waals surface area contributed by atoms with E-state index >= 15 is 0 Å². The summed E-state index contributed by atoms with van der Waals surface area (Å²) in [5.41, 5.74) is 2.35. The maximum atomic E-state index is 10.7. The van der Waals surface area contributed by atoms with Crippen molar-refractivity contribution < 1.29 is 5.11 Å². The van der Waals surface area contributed by atoms with E-state index in [1.165, 1.54) is 10.3 Å². The first-order valence-electron chi connectivity index (χ1n) is 8.40. The van der Waals surface area contributed by atoms with Gasteiger partial charge in [-0.1, -0.05) is 23.5 Å². The maximum absolute atomic E-state index is 10.7. The minimum Gasteiger partial charge on any atom is -0.385 e. The lowest BCUT2D eigenvalue weighted by Crippen LogP contribution is -2.38. The van der Waals surface area contributed by atoms with Crippen molar-refractivity contribution >= 4 is 26.7 Å². The fraction of sp³-hybridized carbons (Fsp3) is 0.444. The molecule has 0 unspecified atom stereocenters. The van der Waals surface area contributed by atoms with Gasteiger partial charge in [0, 0.05) is 38.4 Å². The number of aliphatic hydroxyl groups excluding tert-OH is 1. The van der Waals surface area contributed by atoms with Gasteiger partial charge >= 0.3 is 0 Å². The molecule has 5 nitrogen and oxygen atoms in total. The molecule has 1 saturated heterocycles. The Morgan fingerprint density at radius 2 is 2.25 bits per heavy atom. The monoisotopic (exact) mass is 342 g/mol. The number of rotatable bonds is 3. The van der Waals surface area contributed by atoms with Crippen LogP contribution >= 0.6 is 11.3 Å². The zero-order valence-corrected chi connectivity index (χ0v) is 14.8. The molecule has 1 N–H and O–H groups in total. The summed E-state index contributed by atoms with van der Waals surface area (Å²) in [6.07, 6.45) is 5.20. The molecule has 0 saturated carbocycles. The van der Waals surface area contributed by atoms with Crippen LogP contribution in [0.25, 0.3) is 10.2 Å². The van der Waals surface area contributed by atoms with E-state index in [2.05, 4.69) is 35.0 Å². The highest BCUT2D eigenvalue weighted by atomic mass is 32.1. The number of aliphatic hydroxyl groups is 1. The summed E-state index contributed by atoms with van der Waals surface area (Å²) >= 11 is 1.76. The number of hydrogen-bond acceptors (Lipinski definition) is 5. The second kappa shape index (κ2) is 6.18. The van der Waals surface area contributed by atoms with E-state index in [0.717, 1.165) is 42.4 Å². The van der Waals surface area contributed by atoms with Gasteiger partial charge in [0.1, 0.15) is 11.9 Å². The van der Waals surface area contributed by atoms with Crippen molar-refractivity contribution in [3.8, 4) is 0 Å². The summed E-state index contributed by atoms with van der Waals surface area (Å²) in [7, 11) is 1.93. The SMILES string of the molecule is Cc1cccc2nc(N3CCC[C@@H]([C@H](O)c4nccn4C)C3)sc12. The zero-order valence-electron chi connectivity index (χ0n) is 14.0.